The van der Waals surface area contributed by atoms with Gasteiger partial charge >= 0.3 is 0 Å². The maximum atomic E-state index is 11.7. The van der Waals surface area contributed by atoms with Gasteiger partial charge in [0.05, 0.1) is 18.3 Å². The predicted octanol–water partition coefficient (Wildman–Crippen LogP) is 1.44. The van der Waals surface area contributed by atoms with Gasteiger partial charge in [-0.3, -0.25) is 9.48 Å². The summed E-state index contributed by atoms with van der Waals surface area (Å²) in [4.78, 5) is 11.7. The average molecular weight is 265 g/mol. The highest BCUT2D eigenvalue weighted by Crippen LogP contribution is 2.05. The molecule has 0 saturated carbocycles. The van der Waals surface area contributed by atoms with Crippen LogP contribution in [0.25, 0.3) is 6.08 Å². The second kappa shape index (κ2) is 7.74. The second-order valence-electron chi connectivity index (χ2n) is 4.92. The van der Waals surface area contributed by atoms with E-state index in [1.165, 1.54) is 6.08 Å². The minimum absolute atomic E-state index is 0.0371. The third kappa shape index (κ3) is 5.26. The number of hydrogen-bond acceptors (Lipinski definition) is 3. The number of carbonyl (C=O) groups is 1. The molecule has 1 atom stereocenters. The fraction of sp³-hybridized carbons (Fsp3) is 0.571. The summed E-state index contributed by atoms with van der Waals surface area (Å²) in [7, 11) is 0. The number of amides is 1. The smallest absolute Gasteiger partial charge is 0.244 e. The Balaban J connectivity index is 2.54. The van der Waals surface area contributed by atoms with Crippen molar-refractivity contribution in [2.45, 2.75) is 39.8 Å². The summed E-state index contributed by atoms with van der Waals surface area (Å²) in [5.41, 5.74) is 0.891. The quantitative estimate of drug-likeness (QED) is 0.733. The van der Waals surface area contributed by atoms with E-state index in [9.17, 15) is 9.90 Å². The Morgan fingerprint density at radius 2 is 2.32 bits per heavy atom. The zero-order valence-corrected chi connectivity index (χ0v) is 11.8. The standard InChI is InChI=1S/C14H23N3O2/c1-4-17-13(7-8-15-17)5-6-14(19)16-12(10-18)9-11(2)3/h5-8,11-12,18H,4,9-10H2,1-3H3,(H,16,19)/b6-5+. The number of aryl methyl sites for hydroxylation is 1. The lowest BCUT2D eigenvalue weighted by atomic mass is 10.0. The van der Waals surface area contributed by atoms with Crippen LogP contribution in [0.4, 0.5) is 0 Å². The maximum absolute atomic E-state index is 11.7. The molecule has 1 heterocycles. The molecule has 0 radical (unpaired) electrons. The van der Waals surface area contributed by atoms with E-state index in [1.807, 2.05) is 13.0 Å². The molecule has 0 fully saturated rings. The number of hydrogen-bond donors (Lipinski definition) is 2. The highest BCUT2D eigenvalue weighted by Gasteiger charge is 2.11. The van der Waals surface area contributed by atoms with E-state index >= 15 is 0 Å². The molecule has 19 heavy (non-hydrogen) atoms. The fourth-order valence-corrected chi connectivity index (χ4v) is 1.91. The van der Waals surface area contributed by atoms with Gasteiger partial charge in [-0.05, 0) is 31.4 Å². The Hall–Kier alpha value is -1.62. The number of aliphatic hydroxyl groups excluding tert-OH is 1. The Kier molecular flexibility index (Phi) is 6.29. The highest BCUT2D eigenvalue weighted by atomic mass is 16.3. The molecule has 106 valence electrons. The number of aliphatic hydroxyl groups is 1. The first-order valence-corrected chi connectivity index (χ1v) is 6.68. The van der Waals surface area contributed by atoms with Crippen molar-refractivity contribution in [3.8, 4) is 0 Å². The van der Waals surface area contributed by atoms with E-state index in [0.29, 0.717) is 5.92 Å². The number of carbonyl (C=O) groups excluding carboxylic acids is 1. The van der Waals surface area contributed by atoms with Crippen LogP contribution >= 0.6 is 0 Å². The lowest BCUT2D eigenvalue weighted by Crippen LogP contribution is -2.37. The highest BCUT2D eigenvalue weighted by molar-refractivity contribution is 5.91. The summed E-state index contributed by atoms with van der Waals surface area (Å²) in [6, 6.07) is 1.67. The fourth-order valence-electron chi connectivity index (χ4n) is 1.91. The Labute approximate surface area is 114 Å². The zero-order chi connectivity index (χ0) is 14.3. The molecule has 1 rings (SSSR count). The minimum Gasteiger partial charge on any atom is -0.394 e. The molecule has 0 bridgehead atoms. The molecule has 1 aromatic rings. The number of nitrogens with zero attached hydrogens (tertiary/aromatic N) is 2. The molecular formula is C14H23N3O2. The van der Waals surface area contributed by atoms with Crippen molar-refractivity contribution in [1.82, 2.24) is 15.1 Å². The third-order valence-electron chi connectivity index (χ3n) is 2.78. The van der Waals surface area contributed by atoms with Crippen LogP contribution in [0.2, 0.25) is 0 Å². The molecule has 5 nitrogen and oxygen atoms in total. The number of nitrogens with one attached hydrogen (secondary N) is 1. The first-order chi connectivity index (χ1) is 9.06. The van der Waals surface area contributed by atoms with Gasteiger partial charge in [0.1, 0.15) is 0 Å². The summed E-state index contributed by atoms with van der Waals surface area (Å²) in [5, 5.41) is 16.1. The van der Waals surface area contributed by atoms with Crippen molar-refractivity contribution in [2.24, 2.45) is 5.92 Å². The van der Waals surface area contributed by atoms with Gasteiger partial charge in [0.15, 0.2) is 0 Å². The van der Waals surface area contributed by atoms with Gasteiger partial charge in [0, 0.05) is 18.8 Å². The van der Waals surface area contributed by atoms with Gasteiger partial charge in [0.2, 0.25) is 5.91 Å². The van der Waals surface area contributed by atoms with Crippen LogP contribution in [0.5, 0.6) is 0 Å². The van der Waals surface area contributed by atoms with Crippen molar-refractivity contribution in [1.29, 1.82) is 0 Å². The minimum atomic E-state index is -0.191. The van der Waals surface area contributed by atoms with Gasteiger partial charge in [-0.25, -0.2) is 0 Å². The molecule has 0 aromatic carbocycles. The van der Waals surface area contributed by atoms with Crippen molar-refractivity contribution in [3.63, 3.8) is 0 Å². The lowest BCUT2D eigenvalue weighted by Gasteiger charge is -2.17. The molecule has 1 aromatic heterocycles. The van der Waals surface area contributed by atoms with Gasteiger partial charge in [0.25, 0.3) is 0 Å². The van der Waals surface area contributed by atoms with Crippen LogP contribution in [0, 0.1) is 5.92 Å². The molecule has 2 N–H and O–H groups in total. The van der Waals surface area contributed by atoms with Crippen LogP contribution in [0.1, 0.15) is 32.9 Å². The Morgan fingerprint density at radius 1 is 1.58 bits per heavy atom. The monoisotopic (exact) mass is 265 g/mol. The summed E-state index contributed by atoms with van der Waals surface area (Å²) >= 11 is 0. The van der Waals surface area contributed by atoms with E-state index in [0.717, 1.165) is 18.7 Å². The van der Waals surface area contributed by atoms with Crippen LogP contribution in [0.3, 0.4) is 0 Å². The molecule has 1 unspecified atom stereocenters. The van der Waals surface area contributed by atoms with E-state index in [1.54, 1.807) is 17.0 Å². The predicted molar refractivity (Wildman–Crippen MR) is 75.4 cm³/mol. The normalized spacial score (nSPS) is 13.1. The maximum Gasteiger partial charge on any atom is 0.244 e. The van der Waals surface area contributed by atoms with E-state index in [2.05, 4.69) is 24.3 Å². The lowest BCUT2D eigenvalue weighted by molar-refractivity contribution is -0.117. The third-order valence-corrected chi connectivity index (χ3v) is 2.78. The van der Waals surface area contributed by atoms with E-state index in [-0.39, 0.29) is 18.6 Å². The Morgan fingerprint density at radius 3 is 2.89 bits per heavy atom. The molecular weight excluding hydrogens is 242 g/mol. The SMILES string of the molecule is CCn1nccc1/C=C/C(=O)NC(CO)CC(C)C. The van der Waals surface area contributed by atoms with Crippen LogP contribution in [0.15, 0.2) is 18.3 Å². The van der Waals surface area contributed by atoms with E-state index < -0.39 is 0 Å². The van der Waals surface area contributed by atoms with Crippen LogP contribution in [-0.2, 0) is 11.3 Å². The number of rotatable bonds is 7. The van der Waals surface area contributed by atoms with Gasteiger partial charge in [-0.15, -0.1) is 0 Å². The molecule has 0 aliphatic heterocycles. The average Bonchev–Trinajstić information content (AvgIpc) is 2.82. The molecule has 0 spiro atoms. The molecule has 0 aliphatic rings. The second-order valence-corrected chi connectivity index (χ2v) is 4.92. The summed E-state index contributed by atoms with van der Waals surface area (Å²) in [5.74, 6) is 0.242. The molecule has 0 aliphatic carbocycles. The van der Waals surface area contributed by atoms with Crippen LogP contribution < -0.4 is 5.32 Å². The largest absolute Gasteiger partial charge is 0.394 e. The molecule has 5 heteroatoms. The number of aromatic nitrogens is 2. The van der Waals surface area contributed by atoms with Crippen molar-refractivity contribution >= 4 is 12.0 Å². The summed E-state index contributed by atoms with van der Waals surface area (Å²) in [6.45, 7) is 6.84. The van der Waals surface area contributed by atoms with Crippen molar-refractivity contribution in [2.75, 3.05) is 6.61 Å². The van der Waals surface area contributed by atoms with Crippen LogP contribution in [-0.4, -0.2) is 33.4 Å². The first-order valence-electron chi connectivity index (χ1n) is 6.68. The van der Waals surface area contributed by atoms with Gasteiger partial charge < -0.3 is 10.4 Å². The summed E-state index contributed by atoms with van der Waals surface area (Å²) in [6.07, 6.45) is 5.68. The topological polar surface area (TPSA) is 67.2 Å². The summed E-state index contributed by atoms with van der Waals surface area (Å²) < 4.78 is 1.81. The van der Waals surface area contributed by atoms with Gasteiger partial charge in [-0.1, -0.05) is 13.8 Å². The van der Waals surface area contributed by atoms with Crippen molar-refractivity contribution < 1.29 is 9.90 Å². The molecule has 0 saturated heterocycles. The first kappa shape index (κ1) is 15.4. The van der Waals surface area contributed by atoms with E-state index in [4.69, 9.17) is 0 Å². The zero-order valence-electron chi connectivity index (χ0n) is 11.8. The van der Waals surface area contributed by atoms with Gasteiger partial charge in [-0.2, -0.15) is 5.10 Å². The van der Waals surface area contributed by atoms with Crippen molar-refractivity contribution in [3.05, 3.63) is 24.0 Å². The molecule has 1 amide bonds. The Bertz CT molecular complexity index is 424.